The first-order valence-electron chi connectivity index (χ1n) is 10.3. The van der Waals surface area contributed by atoms with E-state index in [-0.39, 0.29) is 10.8 Å². The highest BCUT2D eigenvalue weighted by atomic mass is 14.5. The van der Waals surface area contributed by atoms with Gasteiger partial charge in [0, 0.05) is 0 Å². The second kappa shape index (κ2) is 6.19. The summed E-state index contributed by atoms with van der Waals surface area (Å²) in [5.74, 6) is 0.933. The zero-order valence-electron chi connectivity index (χ0n) is 17.0. The molecular weight excluding hydrogens is 288 g/mol. The van der Waals surface area contributed by atoms with Crippen molar-refractivity contribution in [2.75, 3.05) is 0 Å². The topological polar surface area (TPSA) is 0 Å². The minimum Gasteiger partial charge on any atom is -0.0561 e. The molecule has 1 aromatic carbocycles. The predicted octanol–water partition coefficient (Wildman–Crippen LogP) is 7.28. The van der Waals surface area contributed by atoms with Crippen LogP contribution in [0, 0.1) is 5.92 Å². The van der Waals surface area contributed by atoms with Gasteiger partial charge in [0.25, 0.3) is 0 Å². The van der Waals surface area contributed by atoms with Crippen LogP contribution in [0.4, 0.5) is 0 Å². The summed E-state index contributed by atoms with van der Waals surface area (Å²) < 4.78 is 0. The molecule has 1 aromatic rings. The van der Waals surface area contributed by atoms with E-state index >= 15 is 0 Å². The van der Waals surface area contributed by atoms with E-state index < -0.39 is 0 Å². The summed E-state index contributed by atoms with van der Waals surface area (Å²) in [5, 5.41) is 0. The van der Waals surface area contributed by atoms with Gasteiger partial charge in [-0.05, 0) is 64.5 Å². The number of hydrogen-bond acceptors (Lipinski definition) is 0. The molecule has 0 unspecified atom stereocenters. The number of rotatable bonds is 2. The van der Waals surface area contributed by atoms with Crippen LogP contribution in [0.1, 0.15) is 110 Å². The summed E-state index contributed by atoms with van der Waals surface area (Å²) >= 11 is 0. The minimum atomic E-state index is 0.228. The lowest BCUT2D eigenvalue weighted by Crippen LogP contribution is -2.32. The first kappa shape index (κ1) is 18.0. The molecule has 0 spiro atoms. The van der Waals surface area contributed by atoms with Crippen molar-refractivity contribution in [1.29, 1.82) is 0 Å². The Hall–Kier alpha value is -0.780. The molecule has 0 amide bonds. The summed E-state index contributed by atoms with van der Waals surface area (Å²) in [7, 11) is 0. The molecule has 0 saturated heterocycles. The largest absolute Gasteiger partial charge is 0.0561 e. The molecule has 2 aliphatic carbocycles. The van der Waals surface area contributed by atoms with E-state index in [1.165, 1.54) is 62.5 Å². The van der Waals surface area contributed by atoms with Gasteiger partial charge >= 0.3 is 0 Å². The fraction of sp³-hybridized carbons (Fsp3) is 0.750. The average molecular weight is 327 g/mol. The van der Waals surface area contributed by atoms with Crippen LogP contribution in [-0.4, -0.2) is 0 Å². The molecule has 134 valence electrons. The van der Waals surface area contributed by atoms with Crippen molar-refractivity contribution in [1.82, 2.24) is 0 Å². The molecule has 3 rings (SSSR count). The molecule has 2 fully saturated rings. The van der Waals surface area contributed by atoms with Crippen LogP contribution in [0.25, 0.3) is 0 Å². The van der Waals surface area contributed by atoms with Crippen molar-refractivity contribution < 1.29 is 0 Å². The van der Waals surface area contributed by atoms with Crippen LogP contribution in [0.5, 0.6) is 0 Å². The highest BCUT2D eigenvalue weighted by Crippen LogP contribution is 2.53. The van der Waals surface area contributed by atoms with Crippen molar-refractivity contribution >= 4 is 0 Å². The van der Waals surface area contributed by atoms with Gasteiger partial charge in [-0.25, -0.2) is 0 Å². The molecule has 0 nitrogen and oxygen atoms in total. The average Bonchev–Trinajstić information content (AvgIpc) is 3.17. The molecule has 0 radical (unpaired) electrons. The van der Waals surface area contributed by atoms with Crippen molar-refractivity contribution in [3.05, 3.63) is 34.9 Å². The smallest absolute Gasteiger partial charge is 0.00185 e. The Morgan fingerprint density at radius 2 is 1.17 bits per heavy atom. The van der Waals surface area contributed by atoms with Crippen molar-refractivity contribution in [2.24, 2.45) is 5.92 Å². The van der Waals surface area contributed by atoms with Gasteiger partial charge in [0.15, 0.2) is 0 Å². The van der Waals surface area contributed by atoms with Gasteiger partial charge in [-0.2, -0.15) is 0 Å². The summed E-state index contributed by atoms with van der Waals surface area (Å²) in [6.07, 6.45) is 11.6. The fourth-order valence-electron chi connectivity index (χ4n) is 5.20. The molecule has 0 aromatic heterocycles. The van der Waals surface area contributed by atoms with E-state index in [1.54, 1.807) is 5.56 Å². The highest BCUT2D eigenvalue weighted by Gasteiger charge is 2.44. The molecule has 0 bridgehead atoms. The maximum atomic E-state index is 2.60. The first-order valence-corrected chi connectivity index (χ1v) is 10.3. The van der Waals surface area contributed by atoms with E-state index in [1.807, 2.05) is 0 Å². The molecule has 2 aliphatic rings. The van der Waals surface area contributed by atoms with E-state index in [2.05, 4.69) is 59.7 Å². The fourth-order valence-corrected chi connectivity index (χ4v) is 5.20. The van der Waals surface area contributed by atoms with Crippen LogP contribution in [0.3, 0.4) is 0 Å². The lowest BCUT2D eigenvalue weighted by atomic mass is 9.66. The standard InChI is InChI=1S/C24H38/c1-22(2,3)19-15-20(23(4,5)6)17-21(16-19)24(13-9-10-14-24)18-11-7-8-12-18/h15-18H,7-14H2,1-6H3. The monoisotopic (exact) mass is 326 g/mol. The van der Waals surface area contributed by atoms with Crippen LogP contribution in [-0.2, 0) is 16.2 Å². The Bertz CT molecular complexity index is 535. The van der Waals surface area contributed by atoms with E-state index in [0.29, 0.717) is 5.41 Å². The van der Waals surface area contributed by atoms with Gasteiger partial charge in [0.1, 0.15) is 0 Å². The lowest BCUT2D eigenvalue weighted by Gasteiger charge is -2.38. The molecule has 0 heteroatoms. The molecule has 0 atom stereocenters. The Labute approximate surface area is 150 Å². The second-order valence-electron chi connectivity index (χ2n) is 10.6. The highest BCUT2D eigenvalue weighted by molar-refractivity contribution is 5.41. The molecule has 2 saturated carbocycles. The Balaban J connectivity index is 2.14. The lowest BCUT2D eigenvalue weighted by molar-refractivity contribution is 0.275. The summed E-state index contributed by atoms with van der Waals surface area (Å²) in [6, 6.07) is 7.68. The summed E-state index contributed by atoms with van der Waals surface area (Å²) in [5.41, 5.74) is 5.70. The quantitative estimate of drug-likeness (QED) is 0.535. The van der Waals surface area contributed by atoms with Crippen LogP contribution in [0.2, 0.25) is 0 Å². The van der Waals surface area contributed by atoms with Crippen LogP contribution >= 0.6 is 0 Å². The van der Waals surface area contributed by atoms with Crippen molar-refractivity contribution in [2.45, 2.75) is 109 Å². The predicted molar refractivity (Wildman–Crippen MR) is 106 cm³/mol. The number of benzene rings is 1. The summed E-state index contributed by atoms with van der Waals surface area (Å²) in [6.45, 7) is 14.2. The number of hydrogen-bond donors (Lipinski definition) is 0. The second-order valence-corrected chi connectivity index (χ2v) is 10.6. The van der Waals surface area contributed by atoms with Gasteiger partial charge < -0.3 is 0 Å². The van der Waals surface area contributed by atoms with E-state index in [0.717, 1.165) is 5.92 Å². The van der Waals surface area contributed by atoms with Gasteiger partial charge in [-0.15, -0.1) is 0 Å². The van der Waals surface area contributed by atoms with Gasteiger partial charge in [0.2, 0.25) is 0 Å². The Morgan fingerprint density at radius 3 is 1.58 bits per heavy atom. The first-order chi connectivity index (χ1) is 11.1. The van der Waals surface area contributed by atoms with Gasteiger partial charge in [-0.3, -0.25) is 0 Å². The zero-order chi connectivity index (χ0) is 17.6. The molecule has 24 heavy (non-hydrogen) atoms. The van der Waals surface area contributed by atoms with Gasteiger partial charge in [-0.1, -0.05) is 85.4 Å². The third-order valence-corrected chi connectivity index (χ3v) is 6.87. The third kappa shape index (κ3) is 3.31. The molecule has 0 N–H and O–H groups in total. The Morgan fingerprint density at radius 1 is 0.708 bits per heavy atom. The van der Waals surface area contributed by atoms with Crippen LogP contribution < -0.4 is 0 Å². The van der Waals surface area contributed by atoms with Crippen molar-refractivity contribution in [3.8, 4) is 0 Å². The third-order valence-electron chi connectivity index (χ3n) is 6.87. The van der Waals surface area contributed by atoms with E-state index in [9.17, 15) is 0 Å². The zero-order valence-corrected chi connectivity index (χ0v) is 17.0. The van der Waals surface area contributed by atoms with E-state index in [4.69, 9.17) is 0 Å². The molecule has 0 heterocycles. The molecular formula is C24H38. The summed E-state index contributed by atoms with van der Waals surface area (Å²) in [4.78, 5) is 0. The Kier molecular flexibility index (Phi) is 4.65. The SMILES string of the molecule is CC(C)(C)c1cc(C(C)(C)C)cc(C2(C3CCCC3)CCCC2)c1. The maximum absolute atomic E-state index is 2.60. The van der Waals surface area contributed by atoms with Crippen LogP contribution in [0.15, 0.2) is 18.2 Å². The van der Waals surface area contributed by atoms with Crippen molar-refractivity contribution in [3.63, 3.8) is 0 Å². The maximum Gasteiger partial charge on any atom is -0.00185 e. The van der Waals surface area contributed by atoms with Gasteiger partial charge in [0.05, 0.1) is 0 Å². The minimum absolute atomic E-state index is 0.228. The normalized spacial score (nSPS) is 22.2. The molecule has 0 aliphatic heterocycles.